The Morgan fingerprint density at radius 2 is 2.47 bits per heavy atom. The maximum atomic E-state index is 10.9. The molecular weight excluding hydrogens is 200 g/mol. The first-order valence-corrected chi connectivity index (χ1v) is 4.73. The van der Waals surface area contributed by atoms with Gasteiger partial charge in [0.1, 0.15) is 6.04 Å². The lowest BCUT2D eigenvalue weighted by molar-refractivity contribution is -0.121. The molecule has 2 heterocycles. The molecule has 0 aromatic carbocycles. The Balaban J connectivity index is 1.99. The summed E-state index contributed by atoms with van der Waals surface area (Å²) in [5.74, 6) is 0.881. The molecule has 0 aliphatic carbocycles. The third kappa shape index (κ3) is 2.31. The van der Waals surface area contributed by atoms with Crippen LogP contribution in [0.25, 0.3) is 0 Å². The molecule has 0 radical (unpaired) electrons. The number of hydrogen-bond donors (Lipinski definition) is 3. The predicted molar refractivity (Wildman–Crippen MR) is 48.8 cm³/mol. The number of aliphatic hydroxyl groups excluding tert-OH is 1. The van der Waals surface area contributed by atoms with E-state index in [1.165, 1.54) is 0 Å². The van der Waals surface area contributed by atoms with E-state index < -0.39 is 0 Å². The van der Waals surface area contributed by atoms with Crippen LogP contribution in [0, 0.1) is 0 Å². The lowest BCUT2D eigenvalue weighted by atomic mass is 10.2. The number of carbonyl (C=O) groups excluding carboxylic acids is 1. The number of aromatic nitrogens is 2. The number of hydrogen-bond acceptors (Lipinski definition) is 6. The highest BCUT2D eigenvalue weighted by molar-refractivity contribution is 5.78. The molecule has 7 nitrogen and oxygen atoms in total. The average molecular weight is 212 g/mol. The van der Waals surface area contributed by atoms with Crippen LogP contribution in [0.5, 0.6) is 0 Å². The second-order valence-corrected chi connectivity index (χ2v) is 3.26. The largest absolute Gasteiger partial charge is 0.396 e. The fourth-order valence-corrected chi connectivity index (χ4v) is 1.35. The maximum absolute atomic E-state index is 10.9. The van der Waals surface area contributed by atoms with Gasteiger partial charge in [-0.3, -0.25) is 10.1 Å². The molecule has 1 atom stereocenters. The quantitative estimate of drug-likeness (QED) is 0.556. The van der Waals surface area contributed by atoms with E-state index in [0.29, 0.717) is 24.7 Å². The molecule has 0 spiro atoms. The summed E-state index contributed by atoms with van der Waals surface area (Å²) < 4.78 is 5.01. The molecule has 7 heteroatoms. The Kier molecular flexibility index (Phi) is 2.93. The van der Waals surface area contributed by atoms with E-state index >= 15 is 0 Å². The molecule has 1 aliphatic heterocycles. The van der Waals surface area contributed by atoms with Crippen LogP contribution in [0.15, 0.2) is 4.52 Å². The van der Waals surface area contributed by atoms with Crippen LogP contribution in [-0.4, -0.2) is 40.9 Å². The number of nitrogens with one attached hydrogen (secondary N) is 2. The molecular formula is C8H12N4O3. The molecule has 1 aromatic heterocycles. The number of piperazine rings is 1. The zero-order valence-corrected chi connectivity index (χ0v) is 8.06. The summed E-state index contributed by atoms with van der Waals surface area (Å²) in [5.41, 5.74) is 0. The van der Waals surface area contributed by atoms with E-state index in [2.05, 4.69) is 20.8 Å². The van der Waals surface area contributed by atoms with Crippen molar-refractivity contribution < 1.29 is 14.4 Å². The number of amides is 1. The van der Waals surface area contributed by atoms with Gasteiger partial charge in [0.05, 0.1) is 13.2 Å². The van der Waals surface area contributed by atoms with E-state index in [1.54, 1.807) is 0 Å². The van der Waals surface area contributed by atoms with E-state index in [4.69, 9.17) is 9.63 Å². The van der Waals surface area contributed by atoms with Crippen molar-refractivity contribution >= 4 is 5.91 Å². The SMILES string of the molecule is O=C1CNC(c2nc(CCO)no2)CN1. The van der Waals surface area contributed by atoms with Gasteiger partial charge < -0.3 is 14.9 Å². The maximum Gasteiger partial charge on any atom is 0.245 e. The molecule has 82 valence electrons. The second kappa shape index (κ2) is 4.37. The molecule has 0 saturated carbocycles. The molecule has 2 rings (SSSR count). The number of nitrogens with zero attached hydrogens (tertiary/aromatic N) is 2. The lowest BCUT2D eigenvalue weighted by Crippen LogP contribution is -2.47. The third-order valence-electron chi connectivity index (χ3n) is 2.13. The van der Waals surface area contributed by atoms with E-state index in [9.17, 15) is 4.79 Å². The Labute approximate surface area is 85.9 Å². The standard InChI is InChI=1S/C8H12N4O3/c13-2-1-6-11-8(15-12-6)5-3-10-7(14)4-9-5/h5,9,13H,1-4H2,(H,10,14). The van der Waals surface area contributed by atoms with Crippen LogP contribution in [0.4, 0.5) is 0 Å². The zero-order valence-electron chi connectivity index (χ0n) is 8.06. The van der Waals surface area contributed by atoms with Crippen LogP contribution in [0.1, 0.15) is 17.8 Å². The van der Waals surface area contributed by atoms with Gasteiger partial charge in [0.25, 0.3) is 0 Å². The smallest absolute Gasteiger partial charge is 0.245 e. The van der Waals surface area contributed by atoms with Crippen LogP contribution in [0.3, 0.4) is 0 Å². The van der Waals surface area contributed by atoms with Crippen LogP contribution < -0.4 is 10.6 Å². The number of aliphatic hydroxyl groups is 1. The Morgan fingerprint density at radius 1 is 1.60 bits per heavy atom. The van der Waals surface area contributed by atoms with Gasteiger partial charge in [0.2, 0.25) is 11.8 Å². The van der Waals surface area contributed by atoms with Gasteiger partial charge in [-0.2, -0.15) is 4.98 Å². The Morgan fingerprint density at radius 3 is 3.13 bits per heavy atom. The van der Waals surface area contributed by atoms with Gasteiger partial charge in [-0.25, -0.2) is 0 Å². The first-order chi connectivity index (χ1) is 7.29. The number of carbonyl (C=O) groups is 1. The summed E-state index contributed by atoms with van der Waals surface area (Å²) in [5, 5.41) is 18.0. The normalized spacial score (nSPS) is 21.4. The Hall–Kier alpha value is -1.47. The first kappa shape index (κ1) is 10.1. The number of rotatable bonds is 3. The van der Waals surface area contributed by atoms with Crippen molar-refractivity contribution in [3.05, 3.63) is 11.7 Å². The molecule has 3 N–H and O–H groups in total. The van der Waals surface area contributed by atoms with Gasteiger partial charge in [-0.1, -0.05) is 5.16 Å². The van der Waals surface area contributed by atoms with Gasteiger partial charge in [0, 0.05) is 13.0 Å². The van der Waals surface area contributed by atoms with Gasteiger partial charge >= 0.3 is 0 Å². The monoisotopic (exact) mass is 212 g/mol. The van der Waals surface area contributed by atoms with Crippen LogP contribution >= 0.6 is 0 Å². The van der Waals surface area contributed by atoms with Crippen molar-refractivity contribution in [1.29, 1.82) is 0 Å². The first-order valence-electron chi connectivity index (χ1n) is 4.73. The van der Waals surface area contributed by atoms with Crippen molar-refractivity contribution in [3.8, 4) is 0 Å². The topological polar surface area (TPSA) is 100 Å². The molecule has 1 aromatic rings. The molecule has 1 saturated heterocycles. The van der Waals surface area contributed by atoms with Crippen molar-refractivity contribution in [1.82, 2.24) is 20.8 Å². The molecule has 0 bridgehead atoms. The van der Waals surface area contributed by atoms with Crippen molar-refractivity contribution in [2.75, 3.05) is 19.7 Å². The lowest BCUT2D eigenvalue weighted by Gasteiger charge is -2.20. The summed E-state index contributed by atoms with van der Waals surface area (Å²) in [7, 11) is 0. The van der Waals surface area contributed by atoms with Crippen molar-refractivity contribution in [3.63, 3.8) is 0 Å². The summed E-state index contributed by atoms with van der Waals surface area (Å²) >= 11 is 0. The van der Waals surface area contributed by atoms with E-state index in [-0.39, 0.29) is 25.1 Å². The van der Waals surface area contributed by atoms with Crippen molar-refractivity contribution in [2.24, 2.45) is 0 Å². The van der Waals surface area contributed by atoms with Crippen LogP contribution in [-0.2, 0) is 11.2 Å². The van der Waals surface area contributed by atoms with Gasteiger partial charge in [-0.05, 0) is 0 Å². The fourth-order valence-electron chi connectivity index (χ4n) is 1.35. The summed E-state index contributed by atoms with van der Waals surface area (Å²) in [6, 6.07) is -0.136. The highest BCUT2D eigenvalue weighted by Crippen LogP contribution is 2.11. The summed E-state index contributed by atoms with van der Waals surface area (Å²) in [6.07, 6.45) is 0.378. The van der Waals surface area contributed by atoms with Crippen LogP contribution in [0.2, 0.25) is 0 Å². The Bertz CT molecular complexity index is 341. The fraction of sp³-hybridized carbons (Fsp3) is 0.625. The van der Waals surface area contributed by atoms with Crippen molar-refractivity contribution in [2.45, 2.75) is 12.5 Å². The minimum Gasteiger partial charge on any atom is -0.396 e. The molecule has 1 aliphatic rings. The highest BCUT2D eigenvalue weighted by atomic mass is 16.5. The highest BCUT2D eigenvalue weighted by Gasteiger charge is 2.23. The minimum absolute atomic E-state index is 0.00615. The molecule has 1 fully saturated rings. The third-order valence-corrected chi connectivity index (χ3v) is 2.13. The van der Waals surface area contributed by atoms with E-state index in [1.807, 2.05) is 0 Å². The summed E-state index contributed by atoms with van der Waals surface area (Å²) in [6.45, 7) is 0.690. The minimum atomic E-state index is -0.136. The van der Waals surface area contributed by atoms with E-state index in [0.717, 1.165) is 0 Å². The zero-order chi connectivity index (χ0) is 10.7. The van der Waals surface area contributed by atoms with Gasteiger partial charge in [-0.15, -0.1) is 0 Å². The van der Waals surface area contributed by atoms with Gasteiger partial charge in [0.15, 0.2) is 5.82 Å². The average Bonchev–Trinajstić information content (AvgIpc) is 2.68. The summed E-state index contributed by atoms with van der Waals surface area (Å²) in [4.78, 5) is 15.0. The molecule has 1 unspecified atom stereocenters. The molecule has 15 heavy (non-hydrogen) atoms. The molecule has 1 amide bonds. The second-order valence-electron chi connectivity index (χ2n) is 3.26. The predicted octanol–water partition coefficient (Wildman–Crippen LogP) is -1.64.